The number of hydrogen-bond donors (Lipinski definition) is 0. The number of halogens is 1. The van der Waals surface area contributed by atoms with Crippen LogP contribution in [0.25, 0.3) is 0 Å². The number of carbonyl (C=O) groups is 1. The molecule has 1 fully saturated rings. The molecule has 1 saturated heterocycles. The van der Waals surface area contributed by atoms with E-state index in [2.05, 4.69) is 14.5 Å². The van der Waals surface area contributed by atoms with Gasteiger partial charge in [-0.2, -0.15) is 0 Å². The summed E-state index contributed by atoms with van der Waals surface area (Å²) in [5, 5.41) is 4.07. The zero-order chi connectivity index (χ0) is 17.0. The molecule has 130 valence electrons. The van der Waals surface area contributed by atoms with Gasteiger partial charge in [0.1, 0.15) is 15.6 Å². The molecule has 1 aliphatic heterocycles. The van der Waals surface area contributed by atoms with Crippen LogP contribution in [-0.4, -0.2) is 57.8 Å². The lowest BCUT2D eigenvalue weighted by Gasteiger charge is -2.34. The van der Waals surface area contributed by atoms with Crippen molar-refractivity contribution in [3.8, 4) is 0 Å². The smallest absolute Gasteiger partial charge is 0.410 e. The number of ether oxygens (including phenoxy) is 1. The minimum atomic E-state index is -0.460. The van der Waals surface area contributed by atoms with Crippen LogP contribution in [0.3, 0.4) is 0 Å². The van der Waals surface area contributed by atoms with Gasteiger partial charge in [-0.3, -0.25) is 4.90 Å². The molecule has 2 heterocycles. The van der Waals surface area contributed by atoms with E-state index in [-0.39, 0.29) is 6.09 Å². The average Bonchev–Trinajstić information content (AvgIpc) is 2.83. The topological polar surface area (TPSA) is 58.6 Å². The van der Waals surface area contributed by atoms with E-state index in [0.29, 0.717) is 16.8 Å². The first-order valence-corrected chi connectivity index (χ1v) is 9.03. The van der Waals surface area contributed by atoms with Gasteiger partial charge in [0.25, 0.3) is 0 Å². The molecule has 1 unspecified atom stereocenters. The molecular formula is C15H25ClN4O2S. The lowest BCUT2D eigenvalue weighted by molar-refractivity contribution is 0.0241. The van der Waals surface area contributed by atoms with Crippen LogP contribution >= 0.6 is 23.1 Å². The van der Waals surface area contributed by atoms with Crippen LogP contribution in [0, 0.1) is 5.92 Å². The summed E-state index contributed by atoms with van der Waals surface area (Å²) in [6.45, 7) is 9.03. The zero-order valence-corrected chi connectivity index (χ0v) is 15.8. The summed E-state index contributed by atoms with van der Waals surface area (Å²) in [5.41, 5.74) is 0.385. The molecule has 1 aromatic rings. The molecule has 0 aromatic carbocycles. The fourth-order valence-corrected chi connectivity index (χ4v) is 3.36. The zero-order valence-electron chi connectivity index (χ0n) is 14.2. The Kier molecular flexibility index (Phi) is 6.22. The van der Waals surface area contributed by atoms with Crippen molar-refractivity contribution in [1.82, 2.24) is 19.4 Å². The number of aromatic nitrogens is 2. The molecule has 2 rings (SSSR count). The van der Waals surface area contributed by atoms with E-state index in [1.807, 2.05) is 20.8 Å². The average molecular weight is 361 g/mol. The second kappa shape index (κ2) is 7.77. The Morgan fingerprint density at radius 2 is 2.26 bits per heavy atom. The Labute approximate surface area is 146 Å². The Bertz CT molecular complexity index is 532. The summed E-state index contributed by atoms with van der Waals surface area (Å²) in [5.74, 6) is 0.437. The van der Waals surface area contributed by atoms with E-state index in [1.165, 1.54) is 11.5 Å². The highest BCUT2D eigenvalue weighted by molar-refractivity contribution is 7.10. The van der Waals surface area contributed by atoms with Gasteiger partial charge in [-0.1, -0.05) is 16.1 Å². The summed E-state index contributed by atoms with van der Waals surface area (Å²) in [6.07, 6.45) is 1.97. The van der Waals surface area contributed by atoms with Gasteiger partial charge in [0.15, 0.2) is 0 Å². The molecular weight excluding hydrogens is 336 g/mol. The monoisotopic (exact) mass is 360 g/mol. The molecule has 1 aliphatic rings. The third-order valence-electron chi connectivity index (χ3n) is 3.72. The van der Waals surface area contributed by atoms with Crippen molar-refractivity contribution in [1.29, 1.82) is 0 Å². The van der Waals surface area contributed by atoms with Crippen LogP contribution in [0.15, 0.2) is 0 Å². The second-order valence-corrected chi connectivity index (χ2v) is 8.45. The van der Waals surface area contributed by atoms with Crippen LogP contribution in [-0.2, 0) is 11.3 Å². The minimum Gasteiger partial charge on any atom is -0.444 e. The molecule has 6 nitrogen and oxygen atoms in total. The summed E-state index contributed by atoms with van der Waals surface area (Å²) >= 11 is 7.30. The third-order valence-corrected chi connectivity index (χ3v) is 4.71. The molecule has 0 aliphatic carbocycles. The number of amides is 1. The standard InChI is InChI=1S/C15H25ClN4O2S/c1-15(2,3)22-14(21)19(4)8-11-6-5-7-20(9-11)10-12-13(16)23-18-17-12/h11H,5-10H2,1-4H3. The van der Waals surface area contributed by atoms with Crippen LogP contribution in [0.5, 0.6) is 0 Å². The number of nitrogens with zero attached hydrogens (tertiary/aromatic N) is 4. The highest BCUT2D eigenvalue weighted by Crippen LogP contribution is 2.23. The Hall–Kier alpha value is -0.920. The first kappa shape index (κ1) is 18.4. The number of rotatable bonds is 4. The van der Waals surface area contributed by atoms with Crippen molar-refractivity contribution in [2.24, 2.45) is 5.92 Å². The molecule has 1 aromatic heterocycles. The fourth-order valence-electron chi connectivity index (χ4n) is 2.75. The molecule has 23 heavy (non-hydrogen) atoms. The lowest BCUT2D eigenvalue weighted by atomic mass is 9.97. The Balaban J connectivity index is 1.84. The Morgan fingerprint density at radius 3 is 2.87 bits per heavy atom. The lowest BCUT2D eigenvalue weighted by Crippen LogP contribution is -2.42. The fraction of sp³-hybridized carbons (Fsp3) is 0.800. The summed E-state index contributed by atoms with van der Waals surface area (Å²) < 4.78 is 9.95. The second-order valence-electron chi connectivity index (χ2n) is 7.10. The maximum absolute atomic E-state index is 12.1. The van der Waals surface area contributed by atoms with Crippen LogP contribution < -0.4 is 0 Å². The number of piperidine rings is 1. The van der Waals surface area contributed by atoms with Gasteiger partial charge in [0.05, 0.1) is 0 Å². The first-order chi connectivity index (χ1) is 10.7. The van der Waals surface area contributed by atoms with E-state index in [4.69, 9.17) is 16.3 Å². The van der Waals surface area contributed by atoms with Gasteiger partial charge < -0.3 is 9.64 Å². The highest BCUT2D eigenvalue weighted by Gasteiger charge is 2.26. The predicted octanol–water partition coefficient (Wildman–Crippen LogP) is 3.27. The maximum atomic E-state index is 12.1. The van der Waals surface area contributed by atoms with Crippen molar-refractivity contribution >= 4 is 29.2 Å². The highest BCUT2D eigenvalue weighted by atomic mass is 35.5. The van der Waals surface area contributed by atoms with Gasteiger partial charge in [0.2, 0.25) is 0 Å². The molecule has 0 saturated carbocycles. The van der Waals surface area contributed by atoms with Crippen LogP contribution in [0.1, 0.15) is 39.3 Å². The summed E-state index contributed by atoms with van der Waals surface area (Å²) in [7, 11) is 1.80. The van der Waals surface area contributed by atoms with Crippen LogP contribution in [0.4, 0.5) is 4.79 Å². The van der Waals surface area contributed by atoms with Crippen molar-refractivity contribution in [3.05, 3.63) is 10.0 Å². The number of likely N-dealkylation sites (tertiary alicyclic amines) is 1. The first-order valence-electron chi connectivity index (χ1n) is 7.88. The molecule has 8 heteroatoms. The predicted molar refractivity (Wildman–Crippen MR) is 91.8 cm³/mol. The van der Waals surface area contributed by atoms with E-state index < -0.39 is 5.60 Å². The van der Waals surface area contributed by atoms with Gasteiger partial charge in [-0.25, -0.2) is 4.79 Å². The van der Waals surface area contributed by atoms with E-state index in [1.54, 1.807) is 11.9 Å². The van der Waals surface area contributed by atoms with E-state index in [9.17, 15) is 4.79 Å². The van der Waals surface area contributed by atoms with Crippen molar-refractivity contribution in [2.45, 2.75) is 45.8 Å². The van der Waals surface area contributed by atoms with E-state index >= 15 is 0 Å². The summed E-state index contributed by atoms with van der Waals surface area (Å²) in [4.78, 5) is 16.1. The normalized spacial score (nSPS) is 19.6. The molecule has 0 bridgehead atoms. The molecule has 0 N–H and O–H groups in total. The van der Waals surface area contributed by atoms with Gasteiger partial charge >= 0.3 is 6.09 Å². The number of carbonyl (C=O) groups excluding carboxylic acids is 1. The summed E-state index contributed by atoms with van der Waals surface area (Å²) in [6, 6.07) is 0. The largest absolute Gasteiger partial charge is 0.444 e. The van der Waals surface area contributed by atoms with Crippen molar-refractivity contribution < 1.29 is 9.53 Å². The van der Waals surface area contributed by atoms with Crippen molar-refractivity contribution in [2.75, 3.05) is 26.7 Å². The van der Waals surface area contributed by atoms with Gasteiger partial charge in [-0.05, 0) is 46.1 Å². The Morgan fingerprint density at radius 1 is 1.52 bits per heavy atom. The van der Waals surface area contributed by atoms with Gasteiger partial charge in [-0.15, -0.1) is 5.10 Å². The minimum absolute atomic E-state index is 0.263. The van der Waals surface area contributed by atoms with Gasteiger partial charge in [0, 0.05) is 38.2 Å². The third kappa shape index (κ3) is 5.90. The molecule has 1 amide bonds. The van der Waals surface area contributed by atoms with Crippen LogP contribution in [0.2, 0.25) is 4.34 Å². The van der Waals surface area contributed by atoms with E-state index in [0.717, 1.165) is 38.2 Å². The molecule has 0 radical (unpaired) electrons. The molecule has 1 atom stereocenters. The maximum Gasteiger partial charge on any atom is 0.410 e. The van der Waals surface area contributed by atoms with Crippen molar-refractivity contribution in [3.63, 3.8) is 0 Å². The SMILES string of the molecule is CN(CC1CCCN(Cc2nnsc2Cl)C1)C(=O)OC(C)(C)C. The molecule has 0 spiro atoms. The quantitative estimate of drug-likeness (QED) is 0.824. The number of hydrogen-bond acceptors (Lipinski definition) is 6.